The molecule has 3 atom stereocenters. The third-order valence-electron chi connectivity index (χ3n) is 18.9. The molecule has 127 heavy (non-hydrogen) atoms. The van der Waals surface area contributed by atoms with Crippen LogP contribution in [0.1, 0.15) is 221 Å². The second kappa shape index (κ2) is 51.4. The fourth-order valence-electron chi connectivity index (χ4n) is 8.07. The van der Waals surface area contributed by atoms with Crippen LogP contribution in [0.25, 0.3) is 0 Å². The molecule has 0 bridgehead atoms. The standard InChI is InChI=1S/C16H17F11O4.C15H15F11O4.C13H22F2O4.C12H20F2O4.C11H20O4.C10H18O4/c1-4-10(2,3)9(29)30-6-5-8(28)31-7-11(17)12(18,19)14(22,23)16(26,27)15(24,25)13(11,20)21;1-3-7(2)9(28)29-5-4-8(27)30-6-10(16)11(17,18)13(21,22)15(25,26)14(23,24)12(10,19)20;1-5-12(2,3)11(17)19-8-6-10(16)18-9-7-13(4,14)15;1-4-9(2)11(16)18-7-5-10(15)17-8-6-12(3,13)14;1-5-11(3,4)10(13)15-8-7-9(12)14-6-2;1-4-8(3)10(12)14-7-6-9(11)13-5-2/h4-7H2,1-3H3;7H,3-6H2,1-2H3;5-9H2,1-4H3;9H,4-8H2,1-3H3;5-8H2,1-4H3;8H,4-7H2,1-3H3. The van der Waals surface area contributed by atoms with Crippen LogP contribution < -0.4 is 0 Å². The number of carbonyl (C=O) groups is 12. The zero-order chi connectivity index (χ0) is 101. The number of alkyl halides is 26. The molecule has 2 rings (SSSR count). The number of rotatable bonds is 42. The normalized spacial score (nSPS) is 18.4. The average molecular weight is 1920 g/mol. The fraction of sp³-hybridized carbons (Fsp3) is 0.844. The Bertz CT molecular complexity index is 3430. The van der Waals surface area contributed by atoms with Crippen molar-refractivity contribution in [3.8, 4) is 0 Å². The molecule has 0 aliphatic heterocycles. The Morgan fingerprint density at radius 3 is 0.591 bits per heavy atom. The van der Waals surface area contributed by atoms with Gasteiger partial charge in [-0.1, -0.05) is 62.3 Å². The zero-order valence-electron chi connectivity index (χ0n) is 73.2. The van der Waals surface area contributed by atoms with Crippen LogP contribution in [-0.2, 0) is 114 Å². The van der Waals surface area contributed by atoms with Gasteiger partial charge in [0.25, 0.3) is 11.3 Å². The summed E-state index contributed by atoms with van der Waals surface area (Å²) in [6.45, 7) is 22.8. The highest BCUT2D eigenvalue weighted by Gasteiger charge is 3.03. The number of carbonyl (C=O) groups excluding carboxylic acids is 12. The summed E-state index contributed by atoms with van der Waals surface area (Å²) in [5.41, 5.74) is -14.9. The zero-order valence-corrected chi connectivity index (χ0v) is 73.2. The maximum Gasteiger partial charge on any atom is 0.384 e. The molecule has 746 valence electrons. The molecular weight excluding hydrogens is 1800 g/mol. The molecule has 2 aliphatic carbocycles. The van der Waals surface area contributed by atoms with Crippen molar-refractivity contribution in [2.75, 3.05) is 79.3 Å². The van der Waals surface area contributed by atoms with Gasteiger partial charge in [-0.05, 0) is 108 Å². The minimum absolute atomic E-state index is 0.0788. The summed E-state index contributed by atoms with van der Waals surface area (Å²) in [6, 6.07) is 0. The predicted molar refractivity (Wildman–Crippen MR) is 389 cm³/mol. The second-order valence-electron chi connectivity index (χ2n) is 30.4. The largest absolute Gasteiger partial charge is 0.466 e. The Balaban J connectivity index is -0.000000735. The lowest BCUT2D eigenvalue weighted by Gasteiger charge is -2.52. The number of hydrogen-bond acceptors (Lipinski definition) is 24. The van der Waals surface area contributed by atoms with Crippen molar-refractivity contribution >= 4 is 71.6 Å². The van der Waals surface area contributed by atoms with Crippen LogP contribution in [0, 0.1) is 34.0 Å². The van der Waals surface area contributed by atoms with Gasteiger partial charge in [-0.3, -0.25) is 57.5 Å². The molecule has 0 spiro atoms. The molecular formula is C77H112F26O24. The Kier molecular flexibility index (Phi) is 50.7. The molecule has 0 amide bonds. The first kappa shape index (κ1) is 125. The van der Waals surface area contributed by atoms with E-state index >= 15 is 0 Å². The monoisotopic (exact) mass is 1910 g/mol. The van der Waals surface area contributed by atoms with E-state index in [0.29, 0.717) is 38.9 Å². The maximum atomic E-state index is 14.3. The van der Waals surface area contributed by atoms with Crippen molar-refractivity contribution < 1.29 is 229 Å². The van der Waals surface area contributed by atoms with Gasteiger partial charge in [0.2, 0.25) is 11.8 Å². The SMILES string of the molecule is CCC(C)(C)C(=O)OCCC(=O)OCC1(F)C(F)(F)C(F)(F)C(F)(F)C(F)(F)C1(F)F.CCC(C)(C)C(=O)OCCC(=O)OCCC(C)(F)F.CCC(C)C(=O)OCCC(=O)OCC1(F)C(F)(F)C(F)(F)C(F)(F)C(F)(F)C1(F)F.CCC(C)C(=O)OCCC(=O)OCCC(C)(F)F.CCOC(=O)CCOC(=O)C(C)(C)CC.CCOC(=O)CCOC(=O)C(C)CC. The lowest BCUT2D eigenvalue weighted by Crippen LogP contribution is -2.84. The van der Waals surface area contributed by atoms with E-state index in [2.05, 4.69) is 33.2 Å². The summed E-state index contributed by atoms with van der Waals surface area (Å²) in [5, 5.41) is 0. The lowest BCUT2D eigenvalue weighted by atomic mass is 9.72. The molecule has 0 aromatic heterocycles. The fourth-order valence-corrected chi connectivity index (χ4v) is 8.07. The van der Waals surface area contributed by atoms with Gasteiger partial charge in [0.05, 0.1) is 99.0 Å². The minimum atomic E-state index is -7.34. The Hall–Kier alpha value is -8.18. The molecule has 0 radical (unpaired) electrons. The average Bonchev–Trinajstić information content (AvgIpc) is 0.669. The molecule has 0 aromatic carbocycles. The molecule has 0 N–H and O–H groups in total. The van der Waals surface area contributed by atoms with Crippen LogP contribution in [0.15, 0.2) is 0 Å². The number of halogens is 26. The summed E-state index contributed by atoms with van der Waals surface area (Å²) in [4.78, 5) is 135. The van der Waals surface area contributed by atoms with E-state index in [0.717, 1.165) is 20.3 Å². The highest BCUT2D eigenvalue weighted by molar-refractivity contribution is 5.79. The van der Waals surface area contributed by atoms with Crippen LogP contribution in [0.4, 0.5) is 114 Å². The van der Waals surface area contributed by atoms with E-state index in [-0.39, 0.29) is 119 Å². The molecule has 3 unspecified atom stereocenters. The lowest BCUT2D eigenvalue weighted by molar-refractivity contribution is -0.487. The van der Waals surface area contributed by atoms with Crippen molar-refractivity contribution in [3.05, 3.63) is 0 Å². The second-order valence-corrected chi connectivity index (χ2v) is 30.4. The molecule has 2 aliphatic rings. The van der Waals surface area contributed by atoms with Gasteiger partial charge < -0.3 is 56.8 Å². The van der Waals surface area contributed by atoms with Crippen molar-refractivity contribution in [2.24, 2.45) is 34.0 Å². The topological polar surface area (TPSA) is 316 Å². The Labute approximate surface area is 715 Å². The first-order valence-corrected chi connectivity index (χ1v) is 39.1. The van der Waals surface area contributed by atoms with Crippen LogP contribution >= 0.6 is 0 Å². The van der Waals surface area contributed by atoms with E-state index in [1.54, 1.807) is 55.4 Å². The molecule has 0 aromatic rings. The van der Waals surface area contributed by atoms with Gasteiger partial charge >= 0.3 is 131 Å². The molecule has 0 saturated heterocycles. The van der Waals surface area contributed by atoms with E-state index in [1.165, 1.54) is 20.8 Å². The smallest absolute Gasteiger partial charge is 0.384 e. The van der Waals surface area contributed by atoms with Crippen LogP contribution in [0.2, 0.25) is 0 Å². The van der Waals surface area contributed by atoms with Gasteiger partial charge in [0.1, 0.15) is 52.9 Å². The minimum Gasteiger partial charge on any atom is -0.466 e. The first-order chi connectivity index (χ1) is 57.2. The summed E-state index contributed by atoms with van der Waals surface area (Å²) in [6.07, 6.45) is 0.156. The Morgan fingerprint density at radius 1 is 0.244 bits per heavy atom. The van der Waals surface area contributed by atoms with E-state index in [9.17, 15) is 172 Å². The van der Waals surface area contributed by atoms with Crippen molar-refractivity contribution in [1.82, 2.24) is 0 Å². The highest BCUT2D eigenvalue weighted by Crippen LogP contribution is 2.71. The van der Waals surface area contributed by atoms with Gasteiger partial charge in [-0.2, -0.15) is 87.8 Å². The number of hydrogen-bond donors (Lipinski definition) is 0. The van der Waals surface area contributed by atoms with Gasteiger partial charge in [-0.25, -0.2) is 26.3 Å². The summed E-state index contributed by atoms with van der Waals surface area (Å²) < 4.78 is 400. The summed E-state index contributed by atoms with van der Waals surface area (Å²) in [5.74, 6) is -87.4. The third kappa shape index (κ3) is 34.9. The van der Waals surface area contributed by atoms with Crippen LogP contribution in [0.3, 0.4) is 0 Å². The van der Waals surface area contributed by atoms with Crippen molar-refractivity contribution in [3.63, 3.8) is 0 Å². The predicted octanol–water partition coefficient (Wildman–Crippen LogP) is 18.2. The van der Waals surface area contributed by atoms with Crippen molar-refractivity contribution in [1.29, 1.82) is 0 Å². The first-order valence-electron chi connectivity index (χ1n) is 39.1. The van der Waals surface area contributed by atoms with Crippen LogP contribution in [-0.4, -0.2) is 233 Å². The quantitative estimate of drug-likeness (QED) is 0.0311. The van der Waals surface area contributed by atoms with Gasteiger partial charge in [0, 0.05) is 12.8 Å². The van der Waals surface area contributed by atoms with E-state index in [1.807, 2.05) is 41.5 Å². The summed E-state index contributed by atoms with van der Waals surface area (Å²) in [7, 11) is 0. The van der Waals surface area contributed by atoms with Gasteiger partial charge in [0.15, 0.2) is 0 Å². The third-order valence-corrected chi connectivity index (χ3v) is 18.9. The molecule has 50 heteroatoms. The molecule has 2 fully saturated rings. The highest BCUT2D eigenvalue weighted by atomic mass is 19.4. The van der Waals surface area contributed by atoms with E-state index in [4.69, 9.17) is 23.7 Å². The maximum absolute atomic E-state index is 14.3. The molecule has 0 heterocycles. The molecule has 2 saturated carbocycles. The molecule has 24 nitrogen and oxygen atoms in total. The summed E-state index contributed by atoms with van der Waals surface area (Å²) >= 11 is 0. The van der Waals surface area contributed by atoms with Gasteiger partial charge in [-0.15, -0.1) is 0 Å². The van der Waals surface area contributed by atoms with Crippen molar-refractivity contribution in [2.45, 2.75) is 304 Å². The number of esters is 12. The number of ether oxygens (including phenoxy) is 12. The van der Waals surface area contributed by atoms with Crippen LogP contribution in [0.5, 0.6) is 0 Å². The Morgan fingerprint density at radius 2 is 0.417 bits per heavy atom. The van der Waals surface area contributed by atoms with E-state index < -0.39 is 192 Å².